The molecule has 1 aromatic carbocycles. The Labute approximate surface area is 168 Å². The van der Waals surface area contributed by atoms with Gasteiger partial charge in [-0.25, -0.2) is 18.1 Å². The number of nitrogens with one attached hydrogen (secondary N) is 1. The largest absolute Gasteiger partial charge is 0.478 e. The maximum absolute atomic E-state index is 14.4. The van der Waals surface area contributed by atoms with Crippen molar-refractivity contribution in [2.45, 2.75) is 12.8 Å². The van der Waals surface area contributed by atoms with E-state index in [1.54, 1.807) is 19.1 Å². The van der Waals surface area contributed by atoms with Crippen LogP contribution in [0, 0.1) is 18.6 Å². The molecule has 3 heterocycles. The molecule has 0 saturated heterocycles. The first-order valence-corrected chi connectivity index (χ1v) is 9.65. The minimum absolute atomic E-state index is 0.0575. The lowest BCUT2D eigenvalue weighted by Gasteiger charge is -2.13. The molecule has 0 saturated carbocycles. The quantitative estimate of drug-likeness (QED) is 0.682. The van der Waals surface area contributed by atoms with Gasteiger partial charge in [-0.1, -0.05) is 12.1 Å². The third-order valence-electron chi connectivity index (χ3n) is 4.66. The van der Waals surface area contributed by atoms with Crippen molar-refractivity contribution >= 4 is 29.2 Å². The zero-order valence-electron chi connectivity index (χ0n) is 15.1. The molecule has 0 aliphatic carbocycles. The zero-order valence-corrected chi connectivity index (χ0v) is 16.0. The van der Waals surface area contributed by atoms with Gasteiger partial charge < -0.3 is 10.4 Å². The van der Waals surface area contributed by atoms with Gasteiger partial charge in [0.25, 0.3) is 5.91 Å². The van der Waals surface area contributed by atoms with Crippen LogP contribution in [-0.2, 0) is 4.79 Å². The van der Waals surface area contributed by atoms with Crippen molar-refractivity contribution in [2.24, 2.45) is 0 Å². The summed E-state index contributed by atoms with van der Waals surface area (Å²) in [5.74, 6) is -3.35. The Morgan fingerprint density at radius 2 is 2.03 bits per heavy atom. The van der Waals surface area contributed by atoms with Crippen LogP contribution in [0.1, 0.15) is 27.5 Å². The van der Waals surface area contributed by atoms with Gasteiger partial charge in [-0.3, -0.25) is 4.79 Å². The third-order valence-corrected chi connectivity index (χ3v) is 5.77. The molecule has 4 rings (SSSR count). The van der Waals surface area contributed by atoms with Crippen LogP contribution in [0.15, 0.2) is 53.2 Å². The summed E-state index contributed by atoms with van der Waals surface area (Å²) in [6, 6.07) is 8.61. The molecule has 0 spiro atoms. The number of carboxylic acids is 1. The van der Waals surface area contributed by atoms with Crippen LogP contribution in [0.5, 0.6) is 0 Å². The van der Waals surface area contributed by atoms with Crippen molar-refractivity contribution in [1.29, 1.82) is 0 Å². The summed E-state index contributed by atoms with van der Waals surface area (Å²) >= 11 is 1.12. The Morgan fingerprint density at radius 1 is 1.24 bits per heavy atom. The minimum atomic E-state index is -1.24. The highest BCUT2D eigenvalue weighted by Gasteiger charge is 2.35. The van der Waals surface area contributed by atoms with Gasteiger partial charge in [0, 0.05) is 17.9 Å². The number of hydrogen-bond donors (Lipinski definition) is 2. The molecule has 0 radical (unpaired) electrons. The minimum Gasteiger partial charge on any atom is -0.478 e. The molecular weight excluding hydrogens is 400 g/mol. The first kappa shape index (κ1) is 19.1. The van der Waals surface area contributed by atoms with Gasteiger partial charge >= 0.3 is 5.97 Å². The number of thioether (sulfide) groups is 1. The second-order valence-electron chi connectivity index (χ2n) is 6.61. The fourth-order valence-electron chi connectivity index (χ4n) is 3.25. The zero-order chi connectivity index (χ0) is 20.7. The van der Waals surface area contributed by atoms with Crippen LogP contribution in [-0.4, -0.2) is 32.3 Å². The van der Waals surface area contributed by atoms with E-state index in [1.807, 2.05) is 0 Å². The van der Waals surface area contributed by atoms with E-state index in [2.05, 4.69) is 10.4 Å². The predicted molar refractivity (Wildman–Crippen MR) is 104 cm³/mol. The Hall–Kier alpha value is -3.20. The van der Waals surface area contributed by atoms with E-state index in [4.69, 9.17) is 0 Å². The molecular formula is C20H15F2N3O3S. The number of aliphatic carboxylic acids is 1. The summed E-state index contributed by atoms with van der Waals surface area (Å²) in [6.07, 6.45) is 1.50. The number of rotatable bonds is 4. The number of halogens is 2. The van der Waals surface area contributed by atoms with Crippen LogP contribution >= 0.6 is 11.8 Å². The Balaban J connectivity index is 1.66. The lowest BCUT2D eigenvalue weighted by Crippen LogP contribution is -2.24. The number of hydrogen-bond acceptors (Lipinski definition) is 4. The Bertz CT molecular complexity index is 1190. The summed E-state index contributed by atoms with van der Waals surface area (Å²) in [6.45, 7) is 1.74. The number of carbonyl (C=O) groups excluding carboxylic acids is 1. The van der Waals surface area contributed by atoms with E-state index < -0.39 is 29.4 Å². The molecule has 148 valence electrons. The van der Waals surface area contributed by atoms with Gasteiger partial charge in [0.1, 0.15) is 17.2 Å². The van der Waals surface area contributed by atoms with Crippen molar-refractivity contribution in [1.82, 2.24) is 14.9 Å². The third kappa shape index (κ3) is 3.49. The lowest BCUT2D eigenvalue weighted by molar-refractivity contribution is -0.132. The van der Waals surface area contributed by atoms with Gasteiger partial charge in [0.05, 0.1) is 10.6 Å². The van der Waals surface area contributed by atoms with E-state index in [-0.39, 0.29) is 33.1 Å². The molecule has 3 aromatic rings. The van der Waals surface area contributed by atoms with E-state index in [1.165, 1.54) is 35.0 Å². The van der Waals surface area contributed by atoms with Crippen LogP contribution in [0.25, 0.3) is 5.52 Å². The molecule has 1 unspecified atom stereocenters. The first-order chi connectivity index (χ1) is 13.8. The number of benzene rings is 1. The molecule has 29 heavy (non-hydrogen) atoms. The highest BCUT2D eigenvalue weighted by atomic mass is 32.2. The molecule has 0 fully saturated rings. The van der Waals surface area contributed by atoms with E-state index in [0.717, 1.165) is 17.3 Å². The molecule has 1 aliphatic heterocycles. The maximum atomic E-state index is 14.4. The lowest BCUT2D eigenvalue weighted by atomic mass is 9.92. The van der Waals surface area contributed by atoms with Gasteiger partial charge in [-0.15, -0.1) is 11.8 Å². The summed E-state index contributed by atoms with van der Waals surface area (Å²) in [4.78, 5) is 24.4. The SMILES string of the molecule is Cc1ccc(C2CSC(NC(=O)c3cc4c(F)cccn4n3)=C2C(=O)O)c(F)c1. The number of nitrogens with zero attached hydrogens (tertiary/aromatic N) is 2. The van der Waals surface area contributed by atoms with Crippen LogP contribution in [0.3, 0.4) is 0 Å². The number of carbonyl (C=O) groups is 2. The van der Waals surface area contributed by atoms with Crippen LogP contribution in [0.2, 0.25) is 0 Å². The molecule has 1 aliphatic rings. The number of aryl methyl sites for hydroxylation is 1. The molecule has 9 heteroatoms. The number of fused-ring (bicyclic) bond motifs is 1. The van der Waals surface area contributed by atoms with E-state index in [9.17, 15) is 23.5 Å². The Kier molecular flexibility index (Phi) is 4.83. The molecule has 0 bridgehead atoms. The summed E-state index contributed by atoms with van der Waals surface area (Å²) in [5, 5.41) is 16.4. The summed E-state index contributed by atoms with van der Waals surface area (Å²) < 4.78 is 29.4. The number of amides is 1. The second-order valence-corrected chi connectivity index (χ2v) is 7.64. The first-order valence-electron chi connectivity index (χ1n) is 8.66. The van der Waals surface area contributed by atoms with Crippen LogP contribution < -0.4 is 5.32 Å². The molecule has 2 aromatic heterocycles. The highest BCUT2D eigenvalue weighted by molar-refractivity contribution is 8.03. The standard InChI is InChI=1S/C20H15F2N3O3S/c1-10-4-5-11(14(22)7-10)12-9-29-19(17(12)20(27)28)23-18(26)15-8-16-13(21)3-2-6-25(16)24-15/h2-8,12H,9H2,1H3,(H,23,26)(H,27,28). The molecule has 6 nitrogen and oxygen atoms in total. The van der Waals surface area contributed by atoms with Crippen molar-refractivity contribution in [3.63, 3.8) is 0 Å². The number of pyridine rings is 1. The Morgan fingerprint density at radius 3 is 2.72 bits per heavy atom. The number of aromatic nitrogens is 2. The summed E-state index contributed by atoms with van der Waals surface area (Å²) in [5.41, 5.74) is 0.979. The van der Waals surface area contributed by atoms with Crippen LogP contribution in [0.4, 0.5) is 8.78 Å². The normalized spacial score (nSPS) is 16.4. The summed E-state index contributed by atoms with van der Waals surface area (Å²) in [7, 11) is 0. The smallest absolute Gasteiger partial charge is 0.334 e. The van der Waals surface area contributed by atoms with Gasteiger partial charge in [0.2, 0.25) is 0 Å². The second kappa shape index (κ2) is 7.32. The van der Waals surface area contributed by atoms with Crippen molar-refractivity contribution in [3.8, 4) is 0 Å². The highest BCUT2D eigenvalue weighted by Crippen LogP contribution is 2.41. The average molecular weight is 415 g/mol. The predicted octanol–water partition coefficient (Wildman–Crippen LogP) is 3.48. The van der Waals surface area contributed by atoms with Gasteiger partial charge in [0.15, 0.2) is 5.69 Å². The molecule has 2 N–H and O–H groups in total. The molecule has 1 atom stereocenters. The van der Waals surface area contributed by atoms with Gasteiger partial charge in [-0.2, -0.15) is 5.10 Å². The van der Waals surface area contributed by atoms with E-state index >= 15 is 0 Å². The number of carboxylic acid groups (broad SMARTS) is 1. The average Bonchev–Trinajstić information content (AvgIpc) is 3.27. The van der Waals surface area contributed by atoms with Gasteiger partial charge in [-0.05, 0) is 42.3 Å². The maximum Gasteiger partial charge on any atom is 0.334 e. The monoisotopic (exact) mass is 415 g/mol. The topological polar surface area (TPSA) is 83.7 Å². The van der Waals surface area contributed by atoms with E-state index in [0.29, 0.717) is 0 Å². The molecule has 1 amide bonds. The fraction of sp³-hybridized carbons (Fsp3) is 0.150. The fourth-order valence-corrected chi connectivity index (χ4v) is 4.48. The van der Waals surface area contributed by atoms with Crippen molar-refractivity contribution < 1.29 is 23.5 Å². The van der Waals surface area contributed by atoms with Crippen molar-refractivity contribution in [2.75, 3.05) is 5.75 Å². The van der Waals surface area contributed by atoms with Crippen molar-refractivity contribution in [3.05, 3.63) is 81.7 Å².